The topological polar surface area (TPSA) is 69.7 Å². The summed E-state index contributed by atoms with van der Waals surface area (Å²) in [6.07, 6.45) is 2.40. The van der Waals surface area contributed by atoms with Gasteiger partial charge in [-0.3, -0.25) is 4.98 Å². The molecule has 2 fully saturated rings. The van der Waals surface area contributed by atoms with Crippen molar-refractivity contribution in [1.82, 2.24) is 10.3 Å². The molecule has 1 spiro atoms. The first-order valence-corrected chi connectivity index (χ1v) is 7.54. The lowest BCUT2D eigenvalue weighted by Crippen LogP contribution is -2.59. The van der Waals surface area contributed by atoms with E-state index >= 15 is 0 Å². The van der Waals surface area contributed by atoms with Crippen LogP contribution in [0.3, 0.4) is 0 Å². The summed E-state index contributed by atoms with van der Waals surface area (Å²) in [6, 6.07) is 3.81. The molecule has 0 bridgehead atoms. The van der Waals surface area contributed by atoms with Crippen LogP contribution in [0.5, 0.6) is 0 Å². The Kier molecular flexibility index (Phi) is 4.00. The fourth-order valence-electron chi connectivity index (χ4n) is 2.76. The van der Waals surface area contributed by atoms with E-state index in [2.05, 4.69) is 31.0 Å². The highest BCUT2D eigenvalue weighted by Gasteiger charge is 2.55. The quantitative estimate of drug-likeness (QED) is 0.811. The molecule has 0 radical (unpaired) electrons. The summed E-state index contributed by atoms with van der Waals surface area (Å²) in [5, 5.41) is 3.22. The molecule has 2 aliphatic heterocycles. The van der Waals surface area contributed by atoms with Crippen molar-refractivity contribution < 1.29 is 19.0 Å². The molecule has 2 aliphatic rings. The Balaban J connectivity index is 1.84. The lowest BCUT2D eigenvalue weighted by atomic mass is 9.84. The third kappa shape index (κ3) is 2.83. The van der Waals surface area contributed by atoms with Crippen molar-refractivity contribution in [2.24, 2.45) is 0 Å². The van der Waals surface area contributed by atoms with E-state index in [1.165, 1.54) is 7.11 Å². The third-order valence-electron chi connectivity index (χ3n) is 4.00. The molecule has 114 valence electrons. The van der Waals surface area contributed by atoms with Gasteiger partial charge in [0.25, 0.3) is 0 Å². The molecular weight excluding hydrogens is 340 g/mol. The zero-order valence-electron chi connectivity index (χ0n) is 11.7. The molecule has 1 N–H and O–H groups in total. The van der Waals surface area contributed by atoms with Crippen LogP contribution in [0.2, 0.25) is 0 Å². The van der Waals surface area contributed by atoms with Gasteiger partial charge in [0, 0.05) is 30.2 Å². The molecule has 0 amide bonds. The van der Waals surface area contributed by atoms with E-state index < -0.39 is 11.6 Å². The first-order valence-electron chi connectivity index (χ1n) is 6.75. The average Bonchev–Trinajstić information content (AvgIpc) is 2.87. The predicted molar refractivity (Wildman–Crippen MR) is 77.8 cm³/mol. The fourth-order valence-corrected chi connectivity index (χ4v) is 2.99. The molecule has 3 heterocycles. The summed E-state index contributed by atoms with van der Waals surface area (Å²) in [6.45, 7) is 1.88. The maximum absolute atomic E-state index is 11.4. The Bertz CT molecular complexity index is 532. The Morgan fingerprint density at radius 1 is 1.52 bits per heavy atom. The molecule has 1 atom stereocenters. The Morgan fingerprint density at radius 2 is 2.33 bits per heavy atom. The average molecular weight is 357 g/mol. The largest absolute Gasteiger partial charge is 0.467 e. The van der Waals surface area contributed by atoms with Crippen molar-refractivity contribution in [3.63, 3.8) is 0 Å². The van der Waals surface area contributed by atoms with Crippen LogP contribution >= 0.6 is 15.9 Å². The first-order chi connectivity index (χ1) is 10.1. The molecule has 1 aromatic heterocycles. The van der Waals surface area contributed by atoms with Crippen LogP contribution in [-0.4, -0.2) is 50.0 Å². The zero-order valence-corrected chi connectivity index (χ0v) is 13.3. The van der Waals surface area contributed by atoms with E-state index in [4.69, 9.17) is 9.47 Å². The molecule has 3 rings (SSSR count). The van der Waals surface area contributed by atoms with Gasteiger partial charge >= 0.3 is 5.97 Å². The number of halogens is 1. The SMILES string of the molecule is COC(=O)COC1(c2ccc(Br)cn2)COC2(CNC2)C1. The second-order valence-electron chi connectivity index (χ2n) is 5.47. The van der Waals surface area contributed by atoms with E-state index in [1.54, 1.807) is 6.20 Å². The molecular formula is C14H17BrN2O4. The number of hydrogen-bond donors (Lipinski definition) is 1. The zero-order chi connectivity index (χ0) is 14.9. The number of aromatic nitrogens is 1. The van der Waals surface area contributed by atoms with Crippen LogP contribution in [-0.2, 0) is 24.6 Å². The van der Waals surface area contributed by atoms with Crippen LogP contribution < -0.4 is 5.32 Å². The number of ether oxygens (including phenoxy) is 3. The van der Waals surface area contributed by atoms with Gasteiger partial charge in [-0.05, 0) is 28.1 Å². The molecule has 1 aromatic rings. The van der Waals surface area contributed by atoms with Gasteiger partial charge in [-0.1, -0.05) is 0 Å². The van der Waals surface area contributed by atoms with Gasteiger partial charge in [0.15, 0.2) is 0 Å². The van der Waals surface area contributed by atoms with Crippen molar-refractivity contribution in [2.45, 2.75) is 17.6 Å². The summed E-state index contributed by atoms with van der Waals surface area (Å²) in [5.74, 6) is -0.404. The molecule has 2 saturated heterocycles. The van der Waals surface area contributed by atoms with Gasteiger partial charge < -0.3 is 19.5 Å². The number of nitrogens with one attached hydrogen (secondary N) is 1. The second-order valence-corrected chi connectivity index (χ2v) is 6.39. The van der Waals surface area contributed by atoms with Gasteiger partial charge in [-0.25, -0.2) is 4.79 Å². The fraction of sp³-hybridized carbons (Fsp3) is 0.571. The molecule has 21 heavy (non-hydrogen) atoms. The number of pyridine rings is 1. The molecule has 7 heteroatoms. The number of esters is 1. The van der Waals surface area contributed by atoms with Gasteiger partial charge in [-0.15, -0.1) is 0 Å². The maximum Gasteiger partial charge on any atom is 0.331 e. The van der Waals surface area contributed by atoms with E-state index in [9.17, 15) is 4.79 Å². The normalized spacial score (nSPS) is 26.6. The number of nitrogens with zero attached hydrogens (tertiary/aromatic N) is 1. The molecule has 1 unspecified atom stereocenters. The van der Waals surface area contributed by atoms with Gasteiger partial charge in [0.1, 0.15) is 12.2 Å². The van der Waals surface area contributed by atoms with Crippen LogP contribution in [0.15, 0.2) is 22.8 Å². The third-order valence-corrected chi connectivity index (χ3v) is 4.47. The summed E-state index contributed by atoms with van der Waals surface area (Å²) < 4.78 is 17.4. The summed E-state index contributed by atoms with van der Waals surface area (Å²) in [7, 11) is 1.35. The highest BCUT2D eigenvalue weighted by Crippen LogP contribution is 2.44. The van der Waals surface area contributed by atoms with E-state index in [0.717, 1.165) is 23.3 Å². The van der Waals surface area contributed by atoms with Crippen molar-refractivity contribution >= 4 is 21.9 Å². The minimum Gasteiger partial charge on any atom is -0.467 e. The van der Waals surface area contributed by atoms with Gasteiger partial charge in [0.05, 0.1) is 25.0 Å². The Morgan fingerprint density at radius 3 is 2.86 bits per heavy atom. The molecule has 6 nitrogen and oxygen atoms in total. The standard InChI is InChI=1S/C14H17BrN2O4/c1-19-12(18)5-20-14(11-3-2-10(15)4-17-11)6-13(21-9-14)7-16-8-13/h2-4,16H,5-9H2,1H3. The maximum atomic E-state index is 11.4. The summed E-state index contributed by atoms with van der Waals surface area (Å²) in [5.41, 5.74) is -0.125. The highest BCUT2D eigenvalue weighted by molar-refractivity contribution is 9.10. The van der Waals surface area contributed by atoms with Crippen LogP contribution in [0.4, 0.5) is 0 Å². The molecule has 0 saturated carbocycles. The smallest absolute Gasteiger partial charge is 0.331 e. The van der Waals surface area contributed by atoms with Crippen LogP contribution in [0.1, 0.15) is 12.1 Å². The van der Waals surface area contributed by atoms with Crippen molar-refractivity contribution in [3.8, 4) is 0 Å². The number of carbonyl (C=O) groups is 1. The minimum atomic E-state index is -0.697. The summed E-state index contributed by atoms with van der Waals surface area (Å²) in [4.78, 5) is 15.8. The van der Waals surface area contributed by atoms with E-state index in [-0.39, 0.29) is 12.2 Å². The van der Waals surface area contributed by atoms with Gasteiger partial charge in [0.2, 0.25) is 0 Å². The van der Waals surface area contributed by atoms with Crippen LogP contribution in [0, 0.1) is 0 Å². The monoisotopic (exact) mass is 356 g/mol. The number of carbonyl (C=O) groups excluding carboxylic acids is 1. The predicted octanol–water partition coefficient (Wildman–Crippen LogP) is 0.991. The van der Waals surface area contributed by atoms with Crippen molar-refractivity contribution in [1.29, 1.82) is 0 Å². The van der Waals surface area contributed by atoms with Gasteiger partial charge in [-0.2, -0.15) is 0 Å². The Labute approximate surface area is 131 Å². The van der Waals surface area contributed by atoms with E-state index in [1.807, 2.05) is 12.1 Å². The highest BCUT2D eigenvalue weighted by atomic mass is 79.9. The summed E-state index contributed by atoms with van der Waals surface area (Å²) >= 11 is 3.37. The molecule has 0 aliphatic carbocycles. The first kappa shape index (κ1) is 14.9. The lowest BCUT2D eigenvalue weighted by Gasteiger charge is -2.39. The van der Waals surface area contributed by atoms with E-state index in [0.29, 0.717) is 13.0 Å². The number of methoxy groups -OCH3 is 1. The van der Waals surface area contributed by atoms with Crippen LogP contribution in [0.25, 0.3) is 0 Å². The lowest BCUT2D eigenvalue weighted by molar-refractivity contribution is -0.154. The van der Waals surface area contributed by atoms with Crippen molar-refractivity contribution in [3.05, 3.63) is 28.5 Å². The molecule has 0 aromatic carbocycles. The number of hydrogen-bond acceptors (Lipinski definition) is 6. The minimum absolute atomic E-state index is 0.110. The second kappa shape index (κ2) is 5.64. The number of rotatable bonds is 4. The Hall–Kier alpha value is -1.02. The van der Waals surface area contributed by atoms with Crippen molar-refractivity contribution in [2.75, 3.05) is 33.4 Å².